The first kappa shape index (κ1) is 17.7. The van der Waals surface area contributed by atoms with Crippen molar-refractivity contribution in [1.82, 2.24) is 0 Å². The third kappa shape index (κ3) is 3.82. The van der Waals surface area contributed by atoms with E-state index in [2.05, 4.69) is 36.5 Å². The summed E-state index contributed by atoms with van der Waals surface area (Å²) in [5.74, 6) is 2.38. The van der Waals surface area contributed by atoms with Crippen LogP contribution in [0.4, 0.5) is 5.69 Å². The molecule has 4 nitrogen and oxygen atoms in total. The van der Waals surface area contributed by atoms with E-state index in [1.165, 1.54) is 0 Å². The second-order valence-corrected chi connectivity index (χ2v) is 5.31. The number of anilines is 1. The highest BCUT2D eigenvalue weighted by molar-refractivity contribution is 5.74. The number of nitrogens with one attached hydrogen (secondary N) is 1. The fraction of sp³-hybridized carbons (Fsp3) is 0.300. The van der Waals surface area contributed by atoms with E-state index in [0.717, 1.165) is 46.0 Å². The van der Waals surface area contributed by atoms with Crippen molar-refractivity contribution >= 4 is 17.8 Å². The predicted molar refractivity (Wildman–Crippen MR) is 100 cm³/mol. The van der Waals surface area contributed by atoms with Crippen molar-refractivity contribution in [3.63, 3.8) is 0 Å². The van der Waals surface area contributed by atoms with Crippen molar-refractivity contribution in [2.24, 2.45) is 0 Å². The molecule has 1 N–H and O–H groups in total. The molecule has 0 radical (unpaired) electrons. The fourth-order valence-electron chi connectivity index (χ4n) is 2.64. The molecule has 0 unspecified atom stereocenters. The fourth-order valence-corrected chi connectivity index (χ4v) is 2.64. The zero-order chi connectivity index (χ0) is 17.5. The molecule has 2 aromatic rings. The van der Waals surface area contributed by atoms with E-state index in [4.69, 9.17) is 14.2 Å². The maximum atomic E-state index is 5.46. The third-order valence-electron chi connectivity index (χ3n) is 3.92. The highest BCUT2D eigenvalue weighted by atomic mass is 16.5. The van der Waals surface area contributed by atoms with Gasteiger partial charge in [-0.05, 0) is 47.4 Å². The number of methoxy groups -OCH3 is 3. The number of aryl methyl sites for hydroxylation is 1. The van der Waals surface area contributed by atoms with E-state index in [0.29, 0.717) is 0 Å². The minimum atomic E-state index is 0.752. The van der Waals surface area contributed by atoms with Crippen LogP contribution in [0, 0.1) is 0 Å². The molecule has 24 heavy (non-hydrogen) atoms. The van der Waals surface area contributed by atoms with Crippen molar-refractivity contribution in [1.29, 1.82) is 0 Å². The van der Waals surface area contributed by atoms with Crippen molar-refractivity contribution in [3.8, 4) is 17.2 Å². The van der Waals surface area contributed by atoms with Crippen molar-refractivity contribution in [2.45, 2.75) is 13.3 Å². The van der Waals surface area contributed by atoms with Crippen LogP contribution in [0.2, 0.25) is 0 Å². The van der Waals surface area contributed by atoms with Gasteiger partial charge in [-0.15, -0.1) is 0 Å². The Morgan fingerprint density at radius 2 is 1.58 bits per heavy atom. The summed E-state index contributed by atoms with van der Waals surface area (Å²) in [6.07, 6.45) is 5.02. The summed E-state index contributed by atoms with van der Waals surface area (Å²) in [5.41, 5.74) is 4.25. The Labute approximate surface area is 144 Å². The van der Waals surface area contributed by atoms with Crippen molar-refractivity contribution < 1.29 is 14.2 Å². The molecule has 0 aliphatic heterocycles. The molecule has 2 aromatic carbocycles. The second-order valence-electron chi connectivity index (χ2n) is 5.31. The van der Waals surface area contributed by atoms with Gasteiger partial charge in [0.2, 0.25) is 0 Å². The van der Waals surface area contributed by atoms with E-state index < -0.39 is 0 Å². The van der Waals surface area contributed by atoms with Gasteiger partial charge in [0.05, 0.1) is 27.0 Å². The van der Waals surface area contributed by atoms with Crippen LogP contribution in [-0.4, -0.2) is 28.4 Å². The molecule has 0 fully saturated rings. The molecule has 128 valence electrons. The molecule has 0 aliphatic carbocycles. The summed E-state index contributed by atoms with van der Waals surface area (Å²) >= 11 is 0. The molecule has 0 atom stereocenters. The summed E-state index contributed by atoms with van der Waals surface area (Å²) in [5, 5.41) is 3.14. The third-order valence-corrected chi connectivity index (χ3v) is 3.92. The maximum absolute atomic E-state index is 5.46. The molecular formula is C20H25NO3. The average molecular weight is 327 g/mol. The van der Waals surface area contributed by atoms with Crippen LogP contribution < -0.4 is 19.5 Å². The summed E-state index contributed by atoms with van der Waals surface area (Å²) in [6, 6.07) is 10.1. The standard InChI is InChI=1S/C20H25NO3/c1-6-16-11-15(13-19(23-4)20(16)24-5)8-7-14-9-10-18(22-3)17(12-14)21-2/h7-13,21H,6H2,1-5H3/b8-7-. The highest BCUT2D eigenvalue weighted by Gasteiger charge is 2.10. The molecule has 0 amide bonds. The van der Waals surface area contributed by atoms with Gasteiger partial charge in [-0.3, -0.25) is 0 Å². The minimum Gasteiger partial charge on any atom is -0.495 e. The Kier molecular flexibility index (Phi) is 6.13. The van der Waals surface area contributed by atoms with Crippen LogP contribution in [0.15, 0.2) is 30.3 Å². The van der Waals surface area contributed by atoms with Gasteiger partial charge in [0.1, 0.15) is 5.75 Å². The Bertz CT molecular complexity index is 698. The summed E-state index contributed by atoms with van der Waals surface area (Å²) in [6.45, 7) is 2.10. The molecule has 0 aromatic heterocycles. The van der Waals surface area contributed by atoms with E-state index >= 15 is 0 Å². The number of hydrogen-bond donors (Lipinski definition) is 1. The zero-order valence-electron chi connectivity index (χ0n) is 15.0. The lowest BCUT2D eigenvalue weighted by molar-refractivity contribution is 0.352. The molecule has 0 spiro atoms. The lowest BCUT2D eigenvalue weighted by Crippen LogP contribution is -1.96. The van der Waals surface area contributed by atoms with Crippen LogP contribution in [0.25, 0.3) is 12.2 Å². The Morgan fingerprint density at radius 3 is 2.17 bits per heavy atom. The SMILES string of the molecule is CCc1cc(/C=C\c2ccc(OC)c(NC)c2)cc(OC)c1OC. The van der Waals surface area contributed by atoms with E-state index in [1.807, 2.05) is 25.2 Å². The molecule has 4 heteroatoms. The first-order valence-electron chi connectivity index (χ1n) is 7.95. The van der Waals surface area contributed by atoms with E-state index in [9.17, 15) is 0 Å². The van der Waals surface area contributed by atoms with Crippen LogP contribution in [-0.2, 0) is 6.42 Å². The molecule has 0 saturated heterocycles. The number of benzene rings is 2. The van der Waals surface area contributed by atoms with E-state index in [1.54, 1.807) is 21.3 Å². The van der Waals surface area contributed by atoms with Gasteiger partial charge in [-0.25, -0.2) is 0 Å². The molecule has 0 aliphatic rings. The molecule has 0 saturated carbocycles. The molecule has 2 rings (SSSR count). The van der Waals surface area contributed by atoms with Gasteiger partial charge >= 0.3 is 0 Å². The van der Waals surface area contributed by atoms with Gasteiger partial charge in [0, 0.05) is 7.05 Å². The van der Waals surface area contributed by atoms with Gasteiger partial charge in [0.15, 0.2) is 11.5 Å². The second kappa shape index (κ2) is 8.29. The first-order chi connectivity index (χ1) is 11.7. The smallest absolute Gasteiger partial charge is 0.163 e. The quantitative estimate of drug-likeness (QED) is 0.761. The average Bonchev–Trinajstić information content (AvgIpc) is 2.64. The Morgan fingerprint density at radius 1 is 0.875 bits per heavy atom. The van der Waals surface area contributed by atoms with Gasteiger partial charge in [0.25, 0.3) is 0 Å². The zero-order valence-corrected chi connectivity index (χ0v) is 15.0. The van der Waals surface area contributed by atoms with Gasteiger partial charge < -0.3 is 19.5 Å². The Hall–Kier alpha value is -2.62. The van der Waals surface area contributed by atoms with Crippen molar-refractivity contribution in [2.75, 3.05) is 33.7 Å². The summed E-state index contributed by atoms with van der Waals surface area (Å²) in [4.78, 5) is 0. The lowest BCUT2D eigenvalue weighted by Gasteiger charge is -2.13. The van der Waals surface area contributed by atoms with E-state index in [-0.39, 0.29) is 0 Å². The monoisotopic (exact) mass is 327 g/mol. The van der Waals surface area contributed by atoms with Gasteiger partial charge in [-0.2, -0.15) is 0 Å². The topological polar surface area (TPSA) is 39.7 Å². The Balaban J connectivity index is 2.35. The highest BCUT2D eigenvalue weighted by Crippen LogP contribution is 2.33. The number of hydrogen-bond acceptors (Lipinski definition) is 4. The summed E-state index contributed by atoms with van der Waals surface area (Å²) < 4.78 is 16.2. The molecule has 0 heterocycles. The number of rotatable bonds is 7. The molecular weight excluding hydrogens is 302 g/mol. The maximum Gasteiger partial charge on any atom is 0.163 e. The van der Waals surface area contributed by atoms with Crippen molar-refractivity contribution in [3.05, 3.63) is 47.0 Å². The lowest BCUT2D eigenvalue weighted by atomic mass is 10.0. The number of ether oxygens (including phenoxy) is 3. The molecule has 0 bridgehead atoms. The van der Waals surface area contributed by atoms with Crippen LogP contribution in [0.1, 0.15) is 23.6 Å². The largest absolute Gasteiger partial charge is 0.495 e. The van der Waals surface area contributed by atoms with Crippen LogP contribution in [0.3, 0.4) is 0 Å². The first-order valence-corrected chi connectivity index (χ1v) is 7.95. The normalized spacial score (nSPS) is 10.7. The summed E-state index contributed by atoms with van der Waals surface area (Å²) in [7, 11) is 6.88. The van der Waals surface area contributed by atoms with Crippen LogP contribution in [0.5, 0.6) is 17.2 Å². The predicted octanol–water partition coefficient (Wildman–Crippen LogP) is 4.49. The minimum absolute atomic E-state index is 0.752. The van der Waals surface area contributed by atoms with Gasteiger partial charge in [-0.1, -0.05) is 25.1 Å². The van der Waals surface area contributed by atoms with Crippen LogP contribution >= 0.6 is 0 Å².